The maximum absolute atomic E-state index is 6.35. The van der Waals surface area contributed by atoms with E-state index >= 15 is 0 Å². The average Bonchev–Trinajstić information content (AvgIpc) is 3.61. The fourth-order valence-corrected chi connectivity index (χ4v) is 4.76. The predicted octanol–water partition coefficient (Wildman–Crippen LogP) is 4.14. The number of oxazole rings is 1. The molecule has 37 heavy (non-hydrogen) atoms. The second-order valence-corrected chi connectivity index (χ2v) is 8.68. The molecule has 0 aliphatic heterocycles. The number of nitrogens with two attached hydrogens (primary N) is 2. The molecule has 0 aliphatic carbocycles. The molecule has 0 spiro atoms. The van der Waals surface area contributed by atoms with Gasteiger partial charge in [0.2, 0.25) is 0 Å². The molecule has 7 rings (SSSR count). The van der Waals surface area contributed by atoms with Crippen molar-refractivity contribution in [2.24, 2.45) is 0 Å². The van der Waals surface area contributed by atoms with Crippen LogP contribution in [-0.2, 0) is 0 Å². The third kappa shape index (κ3) is 3.21. The van der Waals surface area contributed by atoms with Gasteiger partial charge in [-0.25, -0.2) is 19.3 Å². The van der Waals surface area contributed by atoms with Crippen molar-refractivity contribution in [1.82, 2.24) is 39.5 Å². The van der Waals surface area contributed by atoms with E-state index in [1.54, 1.807) is 12.4 Å². The highest BCUT2D eigenvalue weighted by Gasteiger charge is 2.25. The highest BCUT2D eigenvalue weighted by molar-refractivity contribution is 5.99. The zero-order chi connectivity index (χ0) is 25.1. The average molecular weight is 489 g/mol. The third-order valence-corrected chi connectivity index (χ3v) is 6.48. The normalized spacial score (nSPS) is 12.6. The molecule has 0 saturated heterocycles. The van der Waals surface area contributed by atoms with Crippen LogP contribution in [0.2, 0.25) is 0 Å². The first-order chi connectivity index (χ1) is 18.1. The van der Waals surface area contributed by atoms with Crippen molar-refractivity contribution in [2.75, 3.05) is 11.5 Å². The molecule has 180 valence electrons. The van der Waals surface area contributed by atoms with Gasteiger partial charge in [0.1, 0.15) is 23.4 Å². The summed E-state index contributed by atoms with van der Waals surface area (Å²) in [6, 6.07) is 17.4. The summed E-state index contributed by atoms with van der Waals surface area (Å²) in [5, 5.41) is 11.7. The van der Waals surface area contributed by atoms with Crippen molar-refractivity contribution >= 4 is 44.9 Å². The van der Waals surface area contributed by atoms with Crippen molar-refractivity contribution in [3.05, 3.63) is 79.0 Å². The summed E-state index contributed by atoms with van der Waals surface area (Å²) < 4.78 is 9.19. The van der Waals surface area contributed by atoms with Gasteiger partial charge in [-0.2, -0.15) is 15.2 Å². The number of hydrogen-bond donors (Lipinski definition) is 2. The number of aromatic nitrogens is 8. The van der Waals surface area contributed by atoms with Gasteiger partial charge >= 0.3 is 0 Å². The summed E-state index contributed by atoms with van der Waals surface area (Å²) >= 11 is 0. The molecule has 1 atom stereocenters. The van der Waals surface area contributed by atoms with Gasteiger partial charge in [-0.3, -0.25) is 4.98 Å². The smallest absolute Gasteiger partial charge is 0.292 e. The number of nitrogens with zero attached hydrogens (tertiary/aromatic N) is 8. The number of rotatable bonds is 4. The van der Waals surface area contributed by atoms with Crippen LogP contribution in [0.3, 0.4) is 0 Å². The summed E-state index contributed by atoms with van der Waals surface area (Å²) in [6.07, 6.45) is 4.95. The van der Waals surface area contributed by atoms with Gasteiger partial charge in [0.25, 0.3) is 6.01 Å². The van der Waals surface area contributed by atoms with E-state index in [0.29, 0.717) is 33.6 Å². The highest BCUT2D eigenvalue weighted by Crippen LogP contribution is 2.36. The number of pyridine rings is 1. The summed E-state index contributed by atoms with van der Waals surface area (Å²) in [5.41, 5.74) is 18.1. The van der Waals surface area contributed by atoms with Gasteiger partial charge in [-0.15, -0.1) is 0 Å². The minimum atomic E-state index is -0.273. The first kappa shape index (κ1) is 21.0. The Morgan fingerprint density at radius 1 is 0.946 bits per heavy atom. The van der Waals surface area contributed by atoms with Crippen LogP contribution in [0.15, 0.2) is 77.7 Å². The Bertz CT molecular complexity index is 1940. The fraction of sp³-hybridized carbons (Fsp3) is 0.0769. The SMILES string of the molecule is CC(c1nn(-c2ccncc2)c2ccccc12)n1nc(-c2ccc3oc(N)nc3c2)c2c(N)ncnc21. The van der Waals surface area contributed by atoms with E-state index in [0.717, 1.165) is 27.8 Å². The lowest BCUT2D eigenvalue weighted by Gasteiger charge is -2.11. The number of anilines is 2. The molecule has 0 fully saturated rings. The van der Waals surface area contributed by atoms with E-state index in [1.807, 2.05) is 64.8 Å². The molecule has 7 aromatic rings. The zero-order valence-electron chi connectivity index (χ0n) is 19.6. The van der Waals surface area contributed by atoms with Gasteiger partial charge in [-0.1, -0.05) is 18.2 Å². The molecule has 5 aromatic heterocycles. The van der Waals surface area contributed by atoms with E-state index in [2.05, 4.69) is 26.0 Å². The summed E-state index contributed by atoms with van der Waals surface area (Å²) in [5.74, 6) is 0.338. The third-order valence-electron chi connectivity index (χ3n) is 6.48. The molecule has 0 radical (unpaired) electrons. The van der Waals surface area contributed by atoms with Crippen LogP contribution in [0.5, 0.6) is 0 Å². The number of fused-ring (bicyclic) bond motifs is 3. The topological polar surface area (TPSA) is 152 Å². The second kappa shape index (κ2) is 7.85. The maximum Gasteiger partial charge on any atom is 0.292 e. The molecule has 0 saturated carbocycles. The van der Waals surface area contributed by atoms with Gasteiger partial charge in [0.15, 0.2) is 11.2 Å². The monoisotopic (exact) mass is 488 g/mol. The van der Waals surface area contributed by atoms with E-state index < -0.39 is 0 Å². The molecular weight excluding hydrogens is 468 g/mol. The zero-order valence-corrected chi connectivity index (χ0v) is 19.6. The Balaban J connectivity index is 1.44. The molecule has 0 aliphatic rings. The van der Waals surface area contributed by atoms with Gasteiger partial charge in [0, 0.05) is 23.3 Å². The first-order valence-electron chi connectivity index (χ1n) is 11.6. The quantitative estimate of drug-likeness (QED) is 0.372. The van der Waals surface area contributed by atoms with Crippen LogP contribution in [0, 0.1) is 0 Å². The van der Waals surface area contributed by atoms with Crippen molar-refractivity contribution < 1.29 is 4.42 Å². The summed E-state index contributed by atoms with van der Waals surface area (Å²) in [4.78, 5) is 17.2. The van der Waals surface area contributed by atoms with Crippen LogP contribution in [-0.4, -0.2) is 39.5 Å². The van der Waals surface area contributed by atoms with Crippen molar-refractivity contribution in [3.8, 4) is 16.9 Å². The highest BCUT2D eigenvalue weighted by atomic mass is 16.4. The largest absolute Gasteiger partial charge is 0.424 e. The van der Waals surface area contributed by atoms with Crippen LogP contribution < -0.4 is 11.5 Å². The van der Waals surface area contributed by atoms with Crippen molar-refractivity contribution in [1.29, 1.82) is 0 Å². The molecule has 0 bridgehead atoms. The van der Waals surface area contributed by atoms with Crippen molar-refractivity contribution in [3.63, 3.8) is 0 Å². The fourth-order valence-electron chi connectivity index (χ4n) is 4.76. The molecule has 1 unspecified atom stereocenters. The van der Waals surface area contributed by atoms with Crippen LogP contribution in [0.25, 0.3) is 50.0 Å². The minimum absolute atomic E-state index is 0.107. The minimum Gasteiger partial charge on any atom is -0.424 e. The molecule has 11 heteroatoms. The lowest BCUT2D eigenvalue weighted by molar-refractivity contribution is 0.564. The van der Waals surface area contributed by atoms with Crippen molar-refractivity contribution in [2.45, 2.75) is 13.0 Å². The summed E-state index contributed by atoms with van der Waals surface area (Å²) in [6.45, 7) is 2.04. The molecule has 2 aromatic carbocycles. The van der Waals surface area contributed by atoms with Crippen LogP contribution in [0.1, 0.15) is 18.7 Å². The number of para-hydroxylation sites is 1. The summed E-state index contributed by atoms with van der Waals surface area (Å²) in [7, 11) is 0. The Hall–Kier alpha value is -5.32. The lowest BCUT2D eigenvalue weighted by atomic mass is 10.1. The Morgan fingerprint density at radius 3 is 2.65 bits per heavy atom. The number of nitrogen functional groups attached to an aromatic ring is 2. The molecule has 11 nitrogen and oxygen atoms in total. The predicted molar refractivity (Wildman–Crippen MR) is 140 cm³/mol. The van der Waals surface area contributed by atoms with Gasteiger partial charge in [-0.05, 0) is 43.3 Å². The Morgan fingerprint density at radius 2 is 1.78 bits per heavy atom. The van der Waals surface area contributed by atoms with Gasteiger partial charge in [0.05, 0.1) is 28.3 Å². The molecule has 4 N–H and O–H groups in total. The van der Waals surface area contributed by atoms with E-state index in [-0.39, 0.29) is 12.1 Å². The molecule has 0 amide bonds. The first-order valence-corrected chi connectivity index (χ1v) is 11.6. The van der Waals surface area contributed by atoms with Crippen LogP contribution in [0.4, 0.5) is 11.8 Å². The van der Waals surface area contributed by atoms with E-state index in [1.165, 1.54) is 6.33 Å². The second-order valence-electron chi connectivity index (χ2n) is 8.68. The van der Waals surface area contributed by atoms with Gasteiger partial charge < -0.3 is 15.9 Å². The Kier molecular flexibility index (Phi) is 4.46. The maximum atomic E-state index is 6.35. The standard InChI is InChI=1S/C26H20N10O/c1-14(22-17-4-2-3-5-19(17)36(33-22)16-8-10-29-11-9-16)35-25-21(24(27)30-13-31-25)23(34-35)15-6-7-20-18(12-15)32-26(28)37-20/h2-14H,1H3,(H2,28,32)(H2,27,30,31). The number of benzene rings is 2. The van der Waals surface area contributed by atoms with E-state index in [4.69, 9.17) is 26.1 Å². The lowest BCUT2D eigenvalue weighted by Crippen LogP contribution is -2.11. The molecule has 5 heterocycles. The molecular formula is C26H20N10O. The Labute approximate surface area is 209 Å². The number of hydrogen-bond acceptors (Lipinski definition) is 9. The van der Waals surface area contributed by atoms with E-state index in [9.17, 15) is 0 Å². The van der Waals surface area contributed by atoms with Crippen LogP contribution >= 0.6 is 0 Å².